The number of nitrogens with one attached hydrogen (secondary N) is 2. The number of amides is 2. The van der Waals surface area contributed by atoms with Gasteiger partial charge in [-0.2, -0.15) is 13.2 Å². The molecule has 0 bridgehead atoms. The minimum atomic E-state index is -4.51. The van der Waals surface area contributed by atoms with Crippen LogP contribution in [0.5, 0.6) is 5.75 Å². The number of ether oxygens (including phenoxy) is 1. The van der Waals surface area contributed by atoms with Crippen LogP contribution in [0.3, 0.4) is 0 Å². The maximum atomic E-state index is 12.8. The minimum absolute atomic E-state index is 0.0430. The van der Waals surface area contributed by atoms with E-state index in [1.54, 1.807) is 20.8 Å². The van der Waals surface area contributed by atoms with Gasteiger partial charge in [0, 0.05) is 5.54 Å². The van der Waals surface area contributed by atoms with Crippen molar-refractivity contribution in [1.29, 1.82) is 0 Å². The Kier molecular flexibility index (Phi) is 6.26. The molecule has 0 fully saturated rings. The van der Waals surface area contributed by atoms with Gasteiger partial charge in [0.05, 0.1) is 17.9 Å². The lowest BCUT2D eigenvalue weighted by molar-refractivity contribution is -0.137. The van der Waals surface area contributed by atoms with Gasteiger partial charge in [0.2, 0.25) is 0 Å². The summed E-state index contributed by atoms with van der Waals surface area (Å²) in [5.41, 5.74) is 3.92. The van der Waals surface area contributed by atoms with Crippen LogP contribution in [0.15, 0.2) is 18.2 Å². The monoisotopic (exact) mass is 333 g/mol. The molecular weight excluding hydrogens is 311 g/mol. The number of carbonyl (C=O) groups is 1. The number of anilines is 1. The molecule has 0 saturated carbocycles. The number of benzene rings is 1. The Hall–Kier alpha value is -1.96. The van der Waals surface area contributed by atoms with Gasteiger partial charge in [0.15, 0.2) is 0 Å². The number of rotatable bonds is 5. The number of urea groups is 1. The fourth-order valence-corrected chi connectivity index (χ4v) is 1.69. The highest BCUT2D eigenvalue weighted by Crippen LogP contribution is 2.35. The van der Waals surface area contributed by atoms with Gasteiger partial charge in [0.1, 0.15) is 5.75 Å². The SMILES string of the molecule is CC(C)(C)NC(=O)Nc1cc(C(F)(F)F)ccc1OCCCN. The van der Waals surface area contributed by atoms with E-state index in [9.17, 15) is 18.0 Å². The van der Waals surface area contributed by atoms with Crippen molar-refractivity contribution in [2.24, 2.45) is 5.73 Å². The maximum Gasteiger partial charge on any atom is 0.416 e. The Bertz CT molecular complexity index is 540. The minimum Gasteiger partial charge on any atom is -0.491 e. The fourth-order valence-electron chi connectivity index (χ4n) is 1.69. The average molecular weight is 333 g/mol. The third-order valence-corrected chi connectivity index (χ3v) is 2.65. The van der Waals surface area contributed by atoms with Gasteiger partial charge in [-0.05, 0) is 51.9 Å². The van der Waals surface area contributed by atoms with Crippen LogP contribution in [0.1, 0.15) is 32.8 Å². The van der Waals surface area contributed by atoms with Gasteiger partial charge in [-0.15, -0.1) is 0 Å². The molecule has 0 spiro atoms. The third-order valence-electron chi connectivity index (χ3n) is 2.65. The topological polar surface area (TPSA) is 76.4 Å². The van der Waals surface area contributed by atoms with Crippen LogP contribution in [0.4, 0.5) is 23.7 Å². The molecule has 0 saturated heterocycles. The first kappa shape index (κ1) is 19.1. The highest BCUT2D eigenvalue weighted by molar-refractivity contribution is 5.91. The highest BCUT2D eigenvalue weighted by Gasteiger charge is 2.31. The van der Waals surface area contributed by atoms with Crippen molar-refractivity contribution in [2.75, 3.05) is 18.5 Å². The number of halogens is 3. The van der Waals surface area contributed by atoms with E-state index in [0.29, 0.717) is 13.0 Å². The second kappa shape index (κ2) is 7.54. The molecule has 2 amide bonds. The van der Waals surface area contributed by atoms with Crippen molar-refractivity contribution < 1.29 is 22.7 Å². The van der Waals surface area contributed by atoms with Crippen LogP contribution in [-0.4, -0.2) is 24.7 Å². The second-order valence-corrected chi connectivity index (χ2v) is 6.03. The number of nitrogens with two attached hydrogens (primary N) is 1. The zero-order chi connectivity index (χ0) is 17.7. The molecule has 23 heavy (non-hydrogen) atoms. The van der Waals surface area contributed by atoms with Crippen molar-refractivity contribution in [3.63, 3.8) is 0 Å². The molecule has 0 atom stereocenters. The first-order valence-corrected chi connectivity index (χ1v) is 7.16. The summed E-state index contributed by atoms with van der Waals surface area (Å²) in [4.78, 5) is 11.9. The zero-order valence-electron chi connectivity index (χ0n) is 13.4. The Morgan fingerprint density at radius 3 is 2.43 bits per heavy atom. The molecule has 130 valence electrons. The summed E-state index contributed by atoms with van der Waals surface area (Å²) in [6.07, 6.45) is -3.96. The largest absolute Gasteiger partial charge is 0.491 e. The lowest BCUT2D eigenvalue weighted by Crippen LogP contribution is -2.43. The van der Waals surface area contributed by atoms with E-state index in [0.717, 1.165) is 12.1 Å². The van der Waals surface area contributed by atoms with Crippen LogP contribution >= 0.6 is 0 Å². The molecule has 0 aromatic heterocycles. The predicted molar refractivity (Wildman–Crippen MR) is 82.5 cm³/mol. The van der Waals surface area contributed by atoms with E-state index >= 15 is 0 Å². The third kappa shape index (κ3) is 6.77. The molecular formula is C15H22F3N3O2. The number of carbonyl (C=O) groups excluding carboxylic acids is 1. The predicted octanol–water partition coefficient (Wildman–Crippen LogP) is 3.35. The second-order valence-electron chi connectivity index (χ2n) is 6.03. The quantitative estimate of drug-likeness (QED) is 0.723. The Balaban J connectivity index is 3.00. The smallest absolute Gasteiger partial charge is 0.416 e. The van der Waals surface area contributed by atoms with Crippen LogP contribution in [0.2, 0.25) is 0 Å². The van der Waals surface area contributed by atoms with Crippen molar-refractivity contribution in [2.45, 2.75) is 38.9 Å². The Labute approximate surface area is 133 Å². The summed E-state index contributed by atoms with van der Waals surface area (Å²) in [7, 11) is 0. The van der Waals surface area contributed by atoms with Crippen molar-refractivity contribution >= 4 is 11.7 Å². The maximum absolute atomic E-state index is 12.8. The summed E-state index contributed by atoms with van der Waals surface area (Å²) in [5, 5.41) is 5.01. The summed E-state index contributed by atoms with van der Waals surface area (Å²) in [6, 6.07) is 2.33. The summed E-state index contributed by atoms with van der Waals surface area (Å²) in [6.45, 7) is 5.93. The van der Waals surface area contributed by atoms with Crippen LogP contribution < -0.4 is 21.1 Å². The zero-order valence-corrected chi connectivity index (χ0v) is 13.4. The molecule has 0 radical (unpaired) electrons. The molecule has 0 aliphatic rings. The van der Waals surface area contributed by atoms with Gasteiger partial charge < -0.3 is 21.1 Å². The van der Waals surface area contributed by atoms with Gasteiger partial charge in [-0.3, -0.25) is 0 Å². The molecule has 5 nitrogen and oxygen atoms in total. The van der Waals surface area contributed by atoms with Gasteiger partial charge >= 0.3 is 12.2 Å². The molecule has 0 aliphatic heterocycles. The molecule has 1 aromatic rings. The Morgan fingerprint density at radius 2 is 1.91 bits per heavy atom. The average Bonchev–Trinajstić information content (AvgIpc) is 2.37. The van der Waals surface area contributed by atoms with Gasteiger partial charge in [-0.25, -0.2) is 4.79 Å². The summed E-state index contributed by atoms with van der Waals surface area (Å²) in [5.74, 6) is 0.163. The van der Waals surface area contributed by atoms with E-state index in [4.69, 9.17) is 10.5 Å². The van der Waals surface area contributed by atoms with Crippen LogP contribution in [0.25, 0.3) is 0 Å². The fraction of sp³-hybridized carbons (Fsp3) is 0.533. The van der Waals surface area contributed by atoms with Gasteiger partial charge in [0.25, 0.3) is 0 Å². The normalized spacial score (nSPS) is 12.0. The van der Waals surface area contributed by atoms with Crippen molar-refractivity contribution in [3.05, 3.63) is 23.8 Å². The van der Waals surface area contributed by atoms with E-state index < -0.39 is 23.3 Å². The number of hydrogen-bond acceptors (Lipinski definition) is 3. The standard InChI is InChI=1S/C15H22F3N3O2/c1-14(2,3)21-13(22)20-11-9-10(15(16,17)18)5-6-12(11)23-8-4-7-19/h5-6,9H,4,7-8,19H2,1-3H3,(H2,20,21,22). The van der Waals surface area contributed by atoms with Crippen LogP contribution in [-0.2, 0) is 6.18 Å². The Morgan fingerprint density at radius 1 is 1.26 bits per heavy atom. The van der Waals surface area contributed by atoms with Crippen LogP contribution in [0, 0.1) is 0 Å². The molecule has 1 rings (SSSR count). The highest BCUT2D eigenvalue weighted by atomic mass is 19.4. The van der Waals surface area contributed by atoms with Crippen molar-refractivity contribution in [3.8, 4) is 5.75 Å². The first-order valence-electron chi connectivity index (χ1n) is 7.16. The first-order chi connectivity index (χ1) is 10.5. The molecule has 0 aliphatic carbocycles. The lowest BCUT2D eigenvalue weighted by Gasteiger charge is -2.22. The van der Waals surface area contributed by atoms with Gasteiger partial charge in [-0.1, -0.05) is 0 Å². The van der Waals surface area contributed by atoms with E-state index in [1.165, 1.54) is 6.07 Å². The molecule has 4 N–H and O–H groups in total. The van der Waals surface area contributed by atoms with Crippen molar-refractivity contribution in [1.82, 2.24) is 5.32 Å². The van der Waals surface area contributed by atoms with E-state index in [1.807, 2.05) is 0 Å². The number of hydrogen-bond donors (Lipinski definition) is 3. The molecule has 1 aromatic carbocycles. The summed E-state index contributed by atoms with van der Waals surface area (Å²) < 4.78 is 43.9. The summed E-state index contributed by atoms with van der Waals surface area (Å²) >= 11 is 0. The molecule has 8 heteroatoms. The molecule has 0 heterocycles. The van der Waals surface area contributed by atoms with E-state index in [2.05, 4.69) is 10.6 Å². The molecule has 0 unspecified atom stereocenters. The number of alkyl halides is 3. The lowest BCUT2D eigenvalue weighted by atomic mass is 10.1. The van der Waals surface area contributed by atoms with E-state index in [-0.39, 0.29) is 18.0 Å².